The van der Waals surface area contributed by atoms with E-state index in [4.69, 9.17) is 10.2 Å². The number of thiazole rings is 1. The maximum absolute atomic E-state index is 11.4. The first-order valence-corrected chi connectivity index (χ1v) is 13.1. The Morgan fingerprint density at radius 1 is 1.16 bits per heavy atom. The molecule has 2 saturated heterocycles. The van der Waals surface area contributed by atoms with E-state index in [1.54, 1.807) is 25.3 Å². The molecule has 2 fully saturated rings. The van der Waals surface area contributed by atoms with Crippen LogP contribution in [0.4, 0.5) is 17.0 Å². The minimum absolute atomic E-state index is 0.243. The van der Waals surface area contributed by atoms with Crippen LogP contribution in [0.1, 0.15) is 28.2 Å². The van der Waals surface area contributed by atoms with Gasteiger partial charge in [0.2, 0.25) is 17.7 Å². The molecule has 4 aromatic heterocycles. The third-order valence-electron chi connectivity index (χ3n) is 6.90. The zero-order chi connectivity index (χ0) is 25.5. The summed E-state index contributed by atoms with van der Waals surface area (Å²) in [6, 6.07) is 3.57. The minimum atomic E-state index is -0.909. The minimum Gasteiger partial charge on any atom is -0.477 e. The lowest BCUT2D eigenvalue weighted by Crippen LogP contribution is -2.49. The average Bonchev–Trinajstić information content (AvgIpc) is 3.64. The van der Waals surface area contributed by atoms with E-state index >= 15 is 0 Å². The van der Waals surface area contributed by atoms with Gasteiger partial charge in [0.1, 0.15) is 4.88 Å². The molecule has 1 atom stereocenters. The summed E-state index contributed by atoms with van der Waals surface area (Å²) >= 11 is 1.26. The van der Waals surface area contributed by atoms with Gasteiger partial charge in [0, 0.05) is 45.8 Å². The first kappa shape index (κ1) is 23.6. The summed E-state index contributed by atoms with van der Waals surface area (Å²) in [5.74, 6) is 1.77. The van der Waals surface area contributed by atoms with Crippen molar-refractivity contribution in [3.8, 4) is 11.6 Å². The third kappa shape index (κ3) is 4.69. The molecule has 2 aliphatic heterocycles. The molecule has 37 heavy (non-hydrogen) atoms. The monoisotopic (exact) mass is 524 g/mol. The van der Waals surface area contributed by atoms with Crippen molar-refractivity contribution in [3.05, 3.63) is 29.0 Å². The van der Waals surface area contributed by atoms with Crippen LogP contribution >= 0.6 is 11.3 Å². The number of piperidine rings is 1. The van der Waals surface area contributed by atoms with Gasteiger partial charge in [-0.2, -0.15) is 19.5 Å². The summed E-state index contributed by atoms with van der Waals surface area (Å²) in [7, 11) is 0. The zero-order valence-corrected chi connectivity index (χ0v) is 21.3. The molecule has 0 aromatic carbocycles. The van der Waals surface area contributed by atoms with E-state index in [-0.39, 0.29) is 5.95 Å². The summed E-state index contributed by atoms with van der Waals surface area (Å²) in [6.07, 6.45) is 3.78. The number of carboxylic acids is 1. The smallest absolute Gasteiger partial charge is 0.347 e. The molecule has 4 aromatic rings. The van der Waals surface area contributed by atoms with Crippen molar-refractivity contribution in [2.45, 2.75) is 19.8 Å². The number of nitrogens with two attached hydrogens (primary N) is 1. The third-order valence-corrected chi connectivity index (χ3v) is 8.11. The molecule has 2 aliphatic rings. The average molecular weight is 525 g/mol. The standard InChI is InChI=1S/C23H28N10O3S/c1-14-17(19(34)35)37-23(25-14)31-9-7-30(8-10-31)12-15-4-2-6-32(13-15)21-27-20(24)33-22(28-21)26-18(29-33)16-5-3-11-36-16/h3,5,11,15H,2,4,6-10,12-13H2,1H3,(H,34,35)(H2,24,26,27,28,29). The van der Waals surface area contributed by atoms with Crippen LogP contribution in [0.2, 0.25) is 0 Å². The number of aromatic nitrogens is 6. The molecule has 0 saturated carbocycles. The van der Waals surface area contributed by atoms with Crippen LogP contribution in [0.3, 0.4) is 0 Å². The molecule has 194 valence electrons. The van der Waals surface area contributed by atoms with E-state index in [9.17, 15) is 9.90 Å². The number of piperazine rings is 1. The molecule has 0 spiro atoms. The molecule has 6 rings (SSSR count). The molecule has 0 radical (unpaired) electrons. The Morgan fingerprint density at radius 2 is 2.00 bits per heavy atom. The Labute approximate surface area is 216 Å². The molecule has 0 bridgehead atoms. The van der Waals surface area contributed by atoms with Gasteiger partial charge in [-0.25, -0.2) is 9.78 Å². The van der Waals surface area contributed by atoms with E-state index in [2.05, 4.69) is 39.7 Å². The topological polar surface area (TPSA) is 155 Å². The molecular formula is C23H28N10O3S. The first-order chi connectivity index (χ1) is 17.9. The highest BCUT2D eigenvalue weighted by Gasteiger charge is 2.28. The zero-order valence-electron chi connectivity index (χ0n) is 20.4. The van der Waals surface area contributed by atoms with Gasteiger partial charge in [-0.05, 0) is 37.8 Å². The van der Waals surface area contributed by atoms with E-state index in [1.807, 2.05) is 0 Å². The summed E-state index contributed by atoms with van der Waals surface area (Å²) < 4.78 is 6.83. The number of carbonyl (C=O) groups is 1. The fourth-order valence-electron chi connectivity index (χ4n) is 5.04. The van der Waals surface area contributed by atoms with Crippen molar-refractivity contribution in [1.29, 1.82) is 0 Å². The van der Waals surface area contributed by atoms with Crippen molar-refractivity contribution in [2.75, 3.05) is 61.3 Å². The summed E-state index contributed by atoms with van der Waals surface area (Å²) in [4.78, 5) is 36.7. The van der Waals surface area contributed by atoms with E-state index in [1.165, 1.54) is 15.9 Å². The fraction of sp³-hybridized carbons (Fsp3) is 0.478. The number of nitrogen functional groups attached to an aromatic ring is 1. The molecule has 1 unspecified atom stereocenters. The Balaban J connectivity index is 1.09. The van der Waals surface area contributed by atoms with Crippen LogP contribution in [0.15, 0.2) is 22.8 Å². The van der Waals surface area contributed by atoms with Crippen molar-refractivity contribution < 1.29 is 14.3 Å². The Morgan fingerprint density at radius 3 is 2.73 bits per heavy atom. The highest BCUT2D eigenvalue weighted by Crippen LogP contribution is 2.28. The maximum Gasteiger partial charge on any atom is 0.347 e. The highest BCUT2D eigenvalue weighted by molar-refractivity contribution is 7.17. The van der Waals surface area contributed by atoms with Crippen LogP contribution in [-0.2, 0) is 0 Å². The van der Waals surface area contributed by atoms with Gasteiger partial charge in [0.05, 0.1) is 12.0 Å². The van der Waals surface area contributed by atoms with Crippen molar-refractivity contribution >= 4 is 40.1 Å². The molecule has 6 heterocycles. The van der Waals surface area contributed by atoms with Crippen LogP contribution in [0, 0.1) is 12.8 Å². The Kier molecular flexibility index (Phi) is 6.12. The van der Waals surface area contributed by atoms with Gasteiger partial charge < -0.3 is 25.1 Å². The number of aryl methyl sites for hydroxylation is 1. The van der Waals surface area contributed by atoms with Crippen molar-refractivity contribution in [1.82, 2.24) is 34.4 Å². The predicted molar refractivity (Wildman–Crippen MR) is 138 cm³/mol. The second kappa shape index (κ2) is 9.59. The highest BCUT2D eigenvalue weighted by atomic mass is 32.1. The van der Waals surface area contributed by atoms with E-state index in [0.29, 0.717) is 39.8 Å². The fourth-order valence-corrected chi connectivity index (χ4v) is 6.00. The van der Waals surface area contributed by atoms with E-state index in [0.717, 1.165) is 63.8 Å². The number of anilines is 3. The lowest BCUT2D eigenvalue weighted by Gasteiger charge is -2.39. The SMILES string of the molecule is Cc1nc(N2CCN(CC3CCCN(c4nc(N)n5nc(-c6ccco6)nc5n4)C3)CC2)sc1C(=O)O. The number of furan rings is 1. The Hall–Kier alpha value is -3.78. The largest absolute Gasteiger partial charge is 0.477 e. The molecule has 3 N–H and O–H groups in total. The number of aromatic carboxylic acids is 1. The molecule has 13 nitrogen and oxygen atoms in total. The first-order valence-electron chi connectivity index (χ1n) is 12.3. The number of hydrogen-bond acceptors (Lipinski definition) is 12. The van der Waals surface area contributed by atoms with Gasteiger partial charge in [-0.15, -0.1) is 5.10 Å². The van der Waals surface area contributed by atoms with Crippen LogP contribution in [-0.4, -0.2) is 91.3 Å². The van der Waals surface area contributed by atoms with Crippen LogP contribution in [0.25, 0.3) is 17.4 Å². The van der Waals surface area contributed by atoms with E-state index < -0.39 is 5.97 Å². The second-order valence-corrected chi connectivity index (χ2v) is 10.4. The van der Waals surface area contributed by atoms with Gasteiger partial charge >= 0.3 is 5.97 Å². The predicted octanol–water partition coefficient (Wildman–Crippen LogP) is 1.86. The van der Waals surface area contributed by atoms with Crippen molar-refractivity contribution in [2.24, 2.45) is 5.92 Å². The van der Waals surface area contributed by atoms with Gasteiger partial charge in [0.25, 0.3) is 5.78 Å². The summed E-state index contributed by atoms with van der Waals surface area (Å²) in [5, 5.41) is 14.5. The molecular weight excluding hydrogens is 496 g/mol. The lowest BCUT2D eigenvalue weighted by molar-refractivity contribution is 0.0701. The number of fused-ring (bicyclic) bond motifs is 1. The molecule has 0 aliphatic carbocycles. The Bertz CT molecular complexity index is 1410. The van der Waals surface area contributed by atoms with Gasteiger partial charge in [-0.1, -0.05) is 11.3 Å². The van der Waals surface area contributed by atoms with Crippen LogP contribution in [0.5, 0.6) is 0 Å². The quantitative estimate of drug-likeness (QED) is 0.378. The number of hydrogen-bond donors (Lipinski definition) is 2. The maximum atomic E-state index is 11.4. The lowest BCUT2D eigenvalue weighted by atomic mass is 9.97. The molecule has 14 heteroatoms. The van der Waals surface area contributed by atoms with Gasteiger partial charge in [-0.3, -0.25) is 4.90 Å². The van der Waals surface area contributed by atoms with Crippen molar-refractivity contribution in [3.63, 3.8) is 0 Å². The normalized spacial score (nSPS) is 19.1. The summed E-state index contributed by atoms with van der Waals surface area (Å²) in [6.45, 7) is 7.98. The number of rotatable bonds is 6. The summed E-state index contributed by atoms with van der Waals surface area (Å²) in [5.41, 5.74) is 6.79. The number of nitrogens with zero attached hydrogens (tertiary/aromatic N) is 9. The van der Waals surface area contributed by atoms with Crippen LogP contribution < -0.4 is 15.5 Å². The van der Waals surface area contributed by atoms with Gasteiger partial charge in [0.15, 0.2) is 10.9 Å². The molecule has 0 amide bonds. The number of carboxylic acid groups (broad SMARTS) is 1. The second-order valence-electron chi connectivity index (χ2n) is 9.46.